The average Bonchev–Trinajstić information content (AvgIpc) is 3.69. The van der Waals surface area contributed by atoms with E-state index in [4.69, 9.17) is 16.6 Å². The highest BCUT2D eigenvalue weighted by Gasteiger charge is 2.42. The van der Waals surface area contributed by atoms with Crippen LogP contribution in [-0.2, 0) is 10.0 Å². The molecule has 8 nitrogen and oxygen atoms in total. The first-order valence-electron chi connectivity index (χ1n) is 12.5. The third-order valence-electron chi connectivity index (χ3n) is 6.85. The number of hydrogen-bond donors (Lipinski definition) is 1. The number of halogens is 4. The summed E-state index contributed by atoms with van der Waals surface area (Å²) in [7, 11) is -3.88. The Morgan fingerprint density at radius 3 is 2.68 bits per heavy atom. The zero-order chi connectivity index (χ0) is 28.9. The van der Waals surface area contributed by atoms with Crippen molar-refractivity contribution >= 4 is 44.4 Å². The molecule has 4 heterocycles. The second-order valence-corrected chi connectivity index (χ2v) is 12.6. The summed E-state index contributed by atoms with van der Waals surface area (Å²) in [5.74, 6) is -0.0716. The lowest BCUT2D eigenvalue weighted by atomic mass is 9.92. The van der Waals surface area contributed by atoms with Gasteiger partial charge in [0.15, 0.2) is 10.8 Å². The van der Waals surface area contributed by atoms with E-state index >= 15 is 0 Å². The smallest absolute Gasteiger partial charge is 0.326 e. The fourth-order valence-electron chi connectivity index (χ4n) is 5.10. The van der Waals surface area contributed by atoms with Crippen molar-refractivity contribution in [1.29, 1.82) is 0 Å². The second-order valence-electron chi connectivity index (χ2n) is 9.63. The fraction of sp³-hybridized carbons (Fsp3) is 0.222. The van der Waals surface area contributed by atoms with Crippen LogP contribution in [0.3, 0.4) is 0 Å². The van der Waals surface area contributed by atoms with Crippen LogP contribution in [0.4, 0.5) is 13.2 Å². The van der Waals surface area contributed by atoms with Crippen LogP contribution in [0, 0.1) is 12.7 Å². The lowest BCUT2D eigenvalue weighted by molar-refractivity contribution is 0.0564. The third-order valence-corrected chi connectivity index (χ3v) is 9.46. The number of amidine groups is 1. The first-order valence-corrected chi connectivity index (χ1v) is 15.2. The molecule has 0 spiro atoms. The maximum absolute atomic E-state index is 14.0. The summed E-state index contributed by atoms with van der Waals surface area (Å²) in [5.41, 5.74) is 2.57. The minimum Gasteiger partial charge on any atom is -0.326 e. The molecule has 1 fully saturated rings. The van der Waals surface area contributed by atoms with Crippen molar-refractivity contribution in [1.82, 2.24) is 24.4 Å². The first-order chi connectivity index (χ1) is 19.6. The van der Waals surface area contributed by atoms with Gasteiger partial charge in [-0.2, -0.15) is 13.9 Å². The van der Waals surface area contributed by atoms with Gasteiger partial charge in [0.25, 0.3) is 0 Å². The molecule has 1 saturated heterocycles. The maximum Gasteiger partial charge on any atom is 0.333 e. The van der Waals surface area contributed by atoms with Gasteiger partial charge in [-0.3, -0.25) is 4.99 Å². The van der Waals surface area contributed by atoms with Crippen molar-refractivity contribution in [3.05, 3.63) is 105 Å². The summed E-state index contributed by atoms with van der Waals surface area (Å²) in [6.07, 6.45) is 3.00. The van der Waals surface area contributed by atoms with Crippen LogP contribution in [0.2, 0.25) is 5.02 Å². The Labute approximate surface area is 242 Å². The molecule has 0 bridgehead atoms. The highest BCUT2D eigenvalue weighted by atomic mass is 35.5. The van der Waals surface area contributed by atoms with Gasteiger partial charge in [0.2, 0.25) is 10.0 Å². The van der Waals surface area contributed by atoms with Crippen molar-refractivity contribution in [3.63, 3.8) is 0 Å². The number of sulfonamides is 1. The average molecular weight is 619 g/mol. The van der Waals surface area contributed by atoms with E-state index in [0.29, 0.717) is 32.4 Å². The van der Waals surface area contributed by atoms with Crippen molar-refractivity contribution in [2.24, 2.45) is 4.99 Å². The minimum absolute atomic E-state index is 0.103. The van der Waals surface area contributed by atoms with Gasteiger partial charge in [0.1, 0.15) is 11.9 Å². The predicted molar refractivity (Wildman–Crippen MR) is 150 cm³/mol. The molecule has 2 aromatic heterocycles. The lowest BCUT2D eigenvalue weighted by Crippen LogP contribution is -2.39. The molecule has 0 saturated carbocycles. The molecule has 0 radical (unpaired) electrons. The van der Waals surface area contributed by atoms with E-state index in [1.807, 2.05) is 17.9 Å². The molecule has 14 heteroatoms. The predicted octanol–water partition coefficient (Wildman–Crippen LogP) is 5.80. The Kier molecular flexibility index (Phi) is 7.22. The molecular formula is C27H22ClF3N6O2S2. The molecule has 41 heavy (non-hydrogen) atoms. The van der Waals surface area contributed by atoms with Crippen molar-refractivity contribution in [2.75, 3.05) is 6.54 Å². The number of aromatic nitrogens is 3. The number of hydrogen-bond acceptors (Lipinski definition) is 7. The van der Waals surface area contributed by atoms with Gasteiger partial charge in [0, 0.05) is 58.6 Å². The van der Waals surface area contributed by atoms with Gasteiger partial charge in [0.05, 0.1) is 10.6 Å². The molecule has 4 aromatic rings. The van der Waals surface area contributed by atoms with E-state index in [0.717, 1.165) is 17.8 Å². The zero-order valence-corrected chi connectivity index (χ0v) is 23.8. The topological polar surface area (TPSA) is 92.5 Å². The first kappa shape index (κ1) is 27.6. The Bertz CT molecular complexity index is 1790. The second kappa shape index (κ2) is 10.7. The Hall–Kier alpha value is -3.52. The Balaban J connectivity index is 1.49. The molecule has 2 aromatic carbocycles. The number of alkyl halides is 2. The zero-order valence-electron chi connectivity index (χ0n) is 21.4. The summed E-state index contributed by atoms with van der Waals surface area (Å²) in [6.45, 7) is -0.849. The van der Waals surface area contributed by atoms with Crippen LogP contribution in [0.5, 0.6) is 0 Å². The molecule has 2 aliphatic heterocycles. The van der Waals surface area contributed by atoms with Crippen LogP contribution >= 0.6 is 22.9 Å². The van der Waals surface area contributed by atoms with E-state index in [9.17, 15) is 21.6 Å². The highest BCUT2D eigenvalue weighted by Crippen LogP contribution is 2.46. The number of nitrogens with one attached hydrogen (secondary N) is 1. The summed E-state index contributed by atoms with van der Waals surface area (Å²) < 4.78 is 71.0. The number of fused-ring (bicyclic) bond motifs is 1. The number of rotatable bonds is 7. The molecule has 2 atom stereocenters. The fourth-order valence-corrected chi connectivity index (χ4v) is 7.35. The number of nitrogens with zero attached hydrogens (tertiary/aromatic N) is 5. The van der Waals surface area contributed by atoms with Crippen molar-refractivity contribution in [2.45, 2.75) is 36.9 Å². The van der Waals surface area contributed by atoms with Gasteiger partial charge in [-0.05, 0) is 42.8 Å². The van der Waals surface area contributed by atoms with Crippen LogP contribution in [0.15, 0.2) is 81.9 Å². The van der Waals surface area contributed by atoms with Crippen LogP contribution in [-0.4, -0.2) is 46.5 Å². The third kappa shape index (κ3) is 5.30. The summed E-state index contributed by atoms with van der Waals surface area (Å²) in [5, 5.41) is 6.57. The largest absolute Gasteiger partial charge is 0.333 e. The molecule has 212 valence electrons. The summed E-state index contributed by atoms with van der Waals surface area (Å²) in [6, 6.07) is 10.5. The molecule has 2 aliphatic rings. The van der Waals surface area contributed by atoms with E-state index in [1.165, 1.54) is 35.6 Å². The number of thiazole rings is 1. The number of aryl methyl sites for hydroxylation is 1. The number of benzene rings is 2. The monoisotopic (exact) mass is 618 g/mol. The molecule has 0 amide bonds. The highest BCUT2D eigenvalue weighted by molar-refractivity contribution is 7.89. The van der Waals surface area contributed by atoms with E-state index in [1.54, 1.807) is 23.7 Å². The van der Waals surface area contributed by atoms with Crippen LogP contribution in [0.25, 0.3) is 5.57 Å². The van der Waals surface area contributed by atoms with Crippen molar-refractivity contribution in [3.8, 4) is 0 Å². The summed E-state index contributed by atoms with van der Waals surface area (Å²) in [4.78, 5) is 11.3. The SMILES string of the molecule is Cc1cccc(S(=O)(=O)N[C@H]2CC3=C(c4ccn(C(F)F)n4)[C@H](c4ccc(F)cc4Cl)N=C(c4nccs4)N3C2)c1. The van der Waals surface area contributed by atoms with Crippen LogP contribution < -0.4 is 4.72 Å². The van der Waals surface area contributed by atoms with E-state index < -0.39 is 34.5 Å². The standard InChI is InChI=1S/C27H22ClF3N6O2S2/c1-15-3-2-4-18(11-15)41(38,39)35-17-13-22-23(21-7-9-37(34-21)27(30)31)24(19-6-5-16(29)12-20(19)28)33-25(36(22)14-17)26-32-8-10-40-26/h2-12,17,24,27,35H,13-14H2,1H3/t17-,24-/m0/s1. The molecule has 0 unspecified atom stereocenters. The molecule has 0 aliphatic carbocycles. The summed E-state index contributed by atoms with van der Waals surface area (Å²) >= 11 is 7.83. The lowest BCUT2D eigenvalue weighted by Gasteiger charge is -2.32. The van der Waals surface area contributed by atoms with Gasteiger partial charge >= 0.3 is 6.55 Å². The maximum atomic E-state index is 14.0. The Morgan fingerprint density at radius 1 is 1.17 bits per heavy atom. The molecule has 6 rings (SSSR count). The minimum atomic E-state index is -3.88. The van der Waals surface area contributed by atoms with E-state index in [2.05, 4.69) is 14.8 Å². The van der Waals surface area contributed by atoms with Gasteiger partial charge in [-0.1, -0.05) is 29.8 Å². The van der Waals surface area contributed by atoms with Gasteiger partial charge in [-0.15, -0.1) is 11.3 Å². The molecule has 1 N–H and O–H groups in total. The molecular weight excluding hydrogens is 597 g/mol. The van der Waals surface area contributed by atoms with E-state index in [-0.39, 0.29) is 28.6 Å². The normalized spacial score (nSPS) is 19.2. The quantitative estimate of drug-likeness (QED) is 0.283. The van der Waals surface area contributed by atoms with Gasteiger partial charge in [-0.25, -0.2) is 27.2 Å². The number of aliphatic imine (C=N–C) groups is 1. The van der Waals surface area contributed by atoms with Crippen LogP contribution in [0.1, 0.15) is 40.8 Å². The van der Waals surface area contributed by atoms with Gasteiger partial charge < -0.3 is 4.90 Å². The van der Waals surface area contributed by atoms with Crippen molar-refractivity contribution < 1.29 is 21.6 Å². The Morgan fingerprint density at radius 2 is 2.00 bits per heavy atom.